The standard InChI is InChI=1S/C17H29N3/c1-4-18-12-15-7-5-8-16(11-15)13-20(3)17-9-6-10-19(2)14-17/h5,7-8,11,17-18H,4,6,9-10,12-14H2,1-3H3. The second kappa shape index (κ2) is 7.77. The third-order valence-electron chi connectivity index (χ3n) is 4.23. The number of rotatable bonds is 6. The van der Waals surface area contributed by atoms with Crippen LogP contribution in [-0.2, 0) is 13.1 Å². The molecule has 112 valence electrons. The Balaban J connectivity index is 1.91. The molecule has 1 aliphatic heterocycles. The van der Waals surface area contributed by atoms with Crippen molar-refractivity contribution in [1.82, 2.24) is 15.1 Å². The Bertz CT molecular complexity index is 405. The Labute approximate surface area is 124 Å². The Kier molecular flexibility index (Phi) is 6.02. The van der Waals surface area contributed by atoms with Crippen molar-refractivity contribution in [2.75, 3.05) is 33.7 Å². The summed E-state index contributed by atoms with van der Waals surface area (Å²) in [5.41, 5.74) is 2.81. The van der Waals surface area contributed by atoms with E-state index in [4.69, 9.17) is 0 Å². The van der Waals surface area contributed by atoms with Gasteiger partial charge in [0.1, 0.15) is 0 Å². The second-order valence-electron chi connectivity index (χ2n) is 6.07. The van der Waals surface area contributed by atoms with Crippen LogP contribution in [-0.4, -0.2) is 49.6 Å². The lowest BCUT2D eigenvalue weighted by Gasteiger charge is -2.36. The Hall–Kier alpha value is -0.900. The van der Waals surface area contributed by atoms with Gasteiger partial charge in [-0.1, -0.05) is 31.2 Å². The van der Waals surface area contributed by atoms with Gasteiger partial charge >= 0.3 is 0 Å². The number of likely N-dealkylation sites (N-methyl/N-ethyl adjacent to an activating group) is 2. The summed E-state index contributed by atoms with van der Waals surface area (Å²) >= 11 is 0. The van der Waals surface area contributed by atoms with Gasteiger partial charge < -0.3 is 10.2 Å². The molecule has 20 heavy (non-hydrogen) atoms. The first-order chi connectivity index (χ1) is 9.69. The van der Waals surface area contributed by atoms with Crippen LogP contribution in [0.4, 0.5) is 0 Å². The lowest BCUT2D eigenvalue weighted by Crippen LogP contribution is -2.44. The van der Waals surface area contributed by atoms with Crippen molar-refractivity contribution < 1.29 is 0 Å². The minimum Gasteiger partial charge on any atom is -0.313 e. The molecule has 1 fully saturated rings. The number of piperidine rings is 1. The maximum atomic E-state index is 3.39. The number of likely N-dealkylation sites (tertiary alicyclic amines) is 1. The van der Waals surface area contributed by atoms with E-state index >= 15 is 0 Å². The van der Waals surface area contributed by atoms with Gasteiger partial charge in [0.05, 0.1) is 0 Å². The molecule has 2 rings (SSSR count). The van der Waals surface area contributed by atoms with E-state index in [-0.39, 0.29) is 0 Å². The number of nitrogens with zero attached hydrogens (tertiary/aromatic N) is 2. The van der Waals surface area contributed by atoms with Crippen molar-refractivity contribution in [3.8, 4) is 0 Å². The molecule has 0 radical (unpaired) electrons. The van der Waals surface area contributed by atoms with E-state index in [9.17, 15) is 0 Å². The third kappa shape index (κ3) is 4.58. The van der Waals surface area contributed by atoms with Crippen molar-refractivity contribution in [3.63, 3.8) is 0 Å². The molecule has 0 aliphatic carbocycles. The molecular weight excluding hydrogens is 246 g/mol. The van der Waals surface area contributed by atoms with E-state index in [1.165, 1.54) is 37.1 Å². The summed E-state index contributed by atoms with van der Waals surface area (Å²) in [6, 6.07) is 9.68. The quantitative estimate of drug-likeness (QED) is 0.859. The van der Waals surface area contributed by atoms with Crippen LogP contribution < -0.4 is 5.32 Å². The monoisotopic (exact) mass is 275 g/mol. The van der Waals surface area contributed by atoms with Gasteiger partial charge in [-0.15, -0.1) is 0 Å². The van der Waals surface area contributed by atoms with Crippen LogP contribution in [0.3, 0.4) is 0 Å². The van der Waals surface area contributed by atoms with Gasteiger partial charge in [-0.05, 0) is 51.2 Å². The van der Waals surface area contributed by atoms with Crippen LogP contribution in [0.25, 0.3) is 0 Å². The van der Waals surface area contributed by atoms with E-state index in [0.717, 1.165) is 19.6 Å². The molecule has 0 aromatic heterocycles. The highest BCUT2D eigenvalue weighted by atomic mass is 15.2. The molecule has 1 aromatic rings. The highest BCUT2D eigenvalue weighted by molar-refractivity contribution is 5.23. The average Bonchev–Trinajstić information content (AvgIpc) is 2.45. The van der Waals surface area contributed by atoms with Gasteiger partial charge in [0.2, 0.25) is 0 Å². The average molecular weight is 275 g/mol. The molecule has 0 saturated carbocycles. The van der Waals surface area contributed by atoms with Gasteiger partial charge in [-0.25, -0.2) is 0 Å². The molecule has 3 heteroatoms. The fourth-order valence-corrected chi connectivity index (χ4v) is 3.02. The van der Waals surface area contributed by atoms with Gasteiger partial charge in [0, 0.05) is 25.7 Å². The van der Waals surface area contributed by atoms with Crippen molar-refractivity contribution in [2.45, 2.75) is 38.9 Å². The molecule has 1 aliphatic rings. The van der Waals surface area contributed by atoms with Crippen molar-refractivity contribution in [3.05, 3.63) is 35.4 Å². The smallest absolute Gasteiger partial charge is 0.0234 e. The summed E-state index contributed by atoms with van der Waals surface area (Å²) < 4.78 is 0. The molecule has 1 heterocycles. The highest BCUT2D eigenvalue weighted by Crippen LogP contribution is 2.16. The molecule has 1 atom stereocenters. The predicted molar refractivity (Wildman–Crippen MR) is 85.8 cm³/mol. The molecule has 0 spiro atoms. The Morgan fingerprint density at radius 3 is 2.90 bits per heavy atom. The van der Waals surface area contributed by atoms with Crippen molar-refractivity contribution >= 4 is 0 Å². The van der Waals surface area contributed by atoms with E-state index in [2.05, 4.69) is 60.4 Å². The topological polar surface area (TPSA) is 18.5 Å². The lowest BCUT2D eigenvalue weighted by atomic mass is 10.0. The van der Waals surface area contributed by atoms with E-state index < -0.39 is 0 Å². The maximum Gasteiger partial charge on any atom is 0.0234 e. The number of nitrogens with one attached hydrogen (secondary N) is 1. The first-order valence-corrected chi connectivity index (χ1v) is 7.86. The van der Waals surface area contributed by atoms with Gasteiger partial charge in [-0.3, -0.25) is 4.90 Å². The van der Waals surface area contributed by atoms with Crippen molar-refractivity contribution in [1.29, 1.82) is 0 Å². The van der Waals surface area contributed by atoms with Gasteiger partial charge in [-0.2, -0.15) is 0 Å². The maximum absolute atomic E-state index is 3.39. The van der Waals surface area contributed by atoms with Crippen LogP contribution in [0.5, 0.6) is 0 Å². The van der Waals surface area contributed by atoms with E-state index in [1.807, 2.05) is 0 Å². The zero-order chi connectivity index (χ0) is 14.4. The van der Waals surface area contributed by atoms with Crippen LogP contribution in [0.2, 0.25) is 0 Å². The second-order valence-corrected chi connectivity index (χ2v) is 6.07. The summed E-state index contributed by atoms with van der Waals surface area (Å²) in [7, 11) is 4.50. The first-order valence-electron chi connectivity index (χ1n) is 7.86. The lowest BCUT2D eigenvalue weighted by molar-refractivity contribution is 0.129. The van der Waals surface area contributed by atoms with Gasteiger partial charge in [0.15, 0.2) is 0 Å². The number of hydrogen-bond acceptors (Lipinski definition) is 3. The summed E-state index contributed by atoms with van der Waals surface area (Å²) in [6.45, 7) is 7.66. The molecule has 1 unspecified atom stereocenters. The first kappa shape index (κ1) is 15.5. The van der Waals surface area contributed by atoms with Crippen LogP contribution >= 0.6 is 0 Å². The van der Waals surface area contributed by atoms with Gasteiger partial charge in [0.25, 0.3) is 0 Å². The zero-order valence-corrected chi connectivity index (χ0v) is 13.2. The van der Waals surface area contributed by atoms with Crippen LogP contribution in [0.1, 0.15) is 30.9 Å². The molecule has 1 aromatic carbocycles. The summed E-state index contributed by atoms with van der Waals surface area (Å²) in [5, 5.41) is 3.39. The van der Waals surface area contributed by atoms with Crippen LogP contribution in [0.15, 0.2) is 24.3 Å². The number of benzene rings is 1. The highest BCUT2D eigenvalue weighted by Gasteiger charge is 2.20. The van der Waals surface area contributed by atoms with E-state index in [1.54, 1.807) is 0 Å². The summed E-state index contributed by atoms with van der Waals surface area (Å²) in [6.07, 6.45) is 2.66. The Morgan fingerprint density at radius 2 is 2.15 bits per heavy atom. The van der Waals surface area contributed by atoms with Crippen molar-refractivity contribution in [2.24, 2.45) is 0 Å². The fourth-order valence-electron chi connectivity index (χ4n) is 3.02. The molecule has 0 amide bonds. The normalized spacial score (nSPS) is 20.5. The predicted octanol–water partition coefficient (Wildman–Crippen LogP) is 2.32. The molecular formula is C17H29N3. The minimum atomic E-state index is 0.700. The Morgan fingerprint density at radius 1 is 1.35 bits per heavy atom. The molecule has 3 nitrogen and oxygen atoms in total. The molecule has 1 saturated heterocycles. The molecule has 1 N–H and O–H groups in total. The minimum absolute atomic E-state index is 0.700. The zero-order valence-electron chi connectivity index (χ0n) is 13.2. The molecule has 0 bridgehead atoms. The van der Waals surface area contributed by atoms with E-state index in [0.29, 0.717) is 6.04 Å². The van der Waals surface area contributed by atoms with Crippen LogP contribution in [0, 0.1) is 0 Å². The SMILES string of the molecule is CCNCc1cccc(CN(C)C2CCCN(C)C2)c1. The fraction of sp³-hybridized carbons (Fsp3) is 0.647. The number of hydrogen-bond donors (Lipinski definition) is 1. The summed E-state index contributed by atoms with van der Waals surface area (Å²) in [4.78, 5) is 4.97. The largest absolute Gasteiger partial charge is 0.313 e. The third-order valence-corrected chi connectivity index (χ3v) is 4.23. The summed E-state index contributed by atoms with van der Waals surface area (Å²) in [5.74, 6) is 0.